The lowest BCUT2D eigenvalue weighted by Crippen LogP contribution is -2.29. The average Bonchev–Trinajstić information content (AvgIpc) is 3.08. The molecule has 0 fully saturated rings. The Kier molecular flexibility index (Phi) is 12.9. The van der Waals surface area contributed by atoms with E-state index < -0.39 is 23.1 Å². The molecule has 11 heteroatoms. The molecule has 246 valence electrons. The Morgan fingerprint density at radius 2 is 1.42 bits per heavy atom. The highest BCUT2D eigenvalue weighted by molar-refractivity contribution is 6.42. The third kappa shape index (κ3) is 10.2. The van der Waals surface area contributed by atoms with Crippen LogP contribution in [-0.2, 0) is 14.3 Å². The van der Waals surface area contributed by atoms with Gasteiger partial charge in [-0.2, -0.15) is 0 Å². The van der Waals surface area contributed by atoms with Gasteiger partial charge in [0.1, 0.15) is 0 Å². The number of carboxylic acid groups (broad SMARTS) is 1. The highest BCUT2D eigenvalue weighted by atomic mass is 16.5. The minimum atomic E-state index is -0.962. The summed E-state index contributed by atoms with van der Waals surface area (Å²) in [6.45, 7) is 8.51. The van der Waals surface area contributed by atoms with Crippen LogP contribution in [0.5, 0.6) is 0 Å². The largest absolute Gasteiger partial charge is 0.478 e. The predicted octanol–water partition coefficient (Wildman–Crippen LogP) is 6.70. The molecule has 3 heterocycles. The lowest BCUT2D eigenvalue weighted by Gasteiger charge is -2.18. The van der Waals surface area contributed by atoms with Gasteiger partial charge in [0.2, 0.25) is 5.91 Å². The molecule has 5 rings (SSSR count). The van der Waals surface area contributed by atoms with Crippen molar-refractivity contribution in [2.75, 3.05) is 11.9 Å². The fraction of sp³-hybridized carbons (Fsp3) is 0.189. The Labute approximate surface area is 278 Å². The molecule has 0 unspecified atom stereocenters. The standard InChI is InChI=1S/C15H10N2O2.C14H18N2O4.C8H8O/c18-15(19)12-8-13(10-4-2-1-3-5-10)17-14-9-16-7-6-11(12)14;1-5-20-12(18)11(17)9-6-7-15-8-10(9)16-13(19)14(2,3)4;1-7(9)8-5-3-2-4-6-8/h1-9H,(H,18,19);6-8H,5H2,1-4H3,(H,16,19);2-6H,1H3. The molecule has 0 atom stereocenters. The molecule has 1 amide bonds. The fourth-order valence-electron chi connectivity index (χ4n) is 3.99. The third-order valence-electron chi connectivity index (χ3n) is 6.55. The number of anilines is 1. The van der Waals surface area contributed by atoms with Crippen molar-refractivity contribution < 1.29 is 33.8 Å². The first-order chi connectivity index (χ1) is 22.8. The summed E-state index contributed by atoms with van der Waals surface area (Å²) in [5.74, 6) is -2.88. The van der Waals surface area contributed by atoms with Crippen molar-refractivity contribution in [3.63, 3.8) is 0 Å². The lowest BCUT2D eigenvalue weighted by atomic mass is 9.95. The van der Waals surface area contributed by atoms with E-state index in [1.807, 2.05) is 60.7 Å². The van der Waals surface area contributed by atoms with E-state index in [1.165, 1.54) is 18.5 Å². The summed E-state index contributed by atoms with van der Waals surface area (Å²) in [6.07, 6.45) is 5.85. The maximum absolute atomic E-state index is 11.9. The Hall–Kier alpha value is -6.10. The Bertz CT molecular complexity index is 1900. The Balaban J connectivity index is 0.000000209. The summed E-state index contributed by atoms with van der Waals surface area (Å²) in [6, 6.07) is 23.4. The van der Waals surface area contributed by atoms with E-state index >= 15 is 0 Å². The second-order valence-electron chi connectivity index (χ2n) is 11.2. The van der Waals surface area contributed by atoms with Gasteiger partial charge in [0.25, 0.3) is 5.78 Å². The van der Waals surface area contributed by atoms with Gasteiger partial charge in [0, 0.05) is 34.3 Å². The van der Waals surface area contributed by atoms with E-state index in [0.717, 1.165) is 11.1 Å². The zero-order valence-corrected chi connectivity index (χ0v) is 27.3. The number of aromatic nitrogens is 3. The summed E-state index contributed by atoms with van der Waals surface area (Å²) < 4.78 is 4.66. The second-order valence-corrected chi connectivity index (χ2v) is 11.2. The van der Waals surface area contributed by atoms with Crippen molar-refractivity contribution in [3.05, 3.63) is 120 Å². The van der Waals surface area contributed by atoms with Crippen LogP contribution < -0.4 is 5.32 Å². The van der Waals surface area contributed by atoms with Crippen LogP contribution in [0.2, 0.25) is 0 Å². The molecular formula is C37H36N4O7. The van der Waals surface area contributed by atoms with Gasteiger partial charge in [0.15, 0.2) is 5.78 Å². The average molecular weight is 649 g/mol. The van der Waals surface area contributed by atoms with Crippen molar-refractivity contribution in [2.24, 2.45) is 5.41 Å². The molecule has 2 aromatic carbocycles. The minimum absolute atomic E-state index is 0.0658. The number of ether oxygens (including phenoxy) is 1. The smallest absolute Gasteiger partial charge is 0.379 e. The number of nitrogens with zero attached hydrogens (tertiary/aromatic N) is 3. The molecule has 0 aliphatic rings. The number of pyridine rings is 3. The van der Waals surface area contributed by atoms with Crippen LogP contribution in [0, 0.1) is 5.41 Å². The molecule has 0 aliphatic heterocycles. The molecule has 0 aliphatic carbocycles. The minimum Gasteiger partial charge on any atom is -0.478 e. The lowest BCUT2D eigenvalue weighted by molar-refractivity contribution is -0.137. The fourth-order valence-corrected chi connectivity index (χ4v) is 3.99. The van der Waals surface area contributed by atoms with E-state index in [4.69, 9.17) is 0 Å². The highest BCUT2D eigenvalue weighted by Crippen LogP contribution is 2.24. The van der Waals surface area contributed by atoms with Crippen molar-refractivity contribution in [1.29, 1.82) is 0 Å². The number of carbonyl (C=O) groups excluding carboxylic acids is 4. The maximum atomic E-state index is 11.9. The summed E-state index contributed by atoms with van der Waals surface area (Å²) in [7, 11) is 0. The molecule has 0 saturated carbocycles. The van der Waals surface area contributed by atoms with E-state index in [1.54, 1.807) is 59.1 Å². The van der Waals surface area contributed by atoms with Crippen LogP contribution in [0.3, 0.4) is 0 Å². The molecular weight excluding hydrogens is 612 g/mol. The monoisotopic (exact) mass is 648 g/mol. The number of benzene rings is 2. The SMILES string of the molecule is CC(=O)c1ccccc1.CCOC(=O)C(=O)c1ccncc1NC(=O)C(C)(C)C.O=C(O)c1cc(-c2ccccc2)nc2cnccc12. The summed E-state index contributed by atoms with van der Waals surface area (Å²) >= 11 is 0. The number of nitrogens with one attached hydrogen (secondary N) is 1. The number of esters is 1. The van der Waals surface area contributed by atoms with Gasteiger partial charge in [-0.25, -0.2) is 14.6 Å². The maximum Gasteiger partial charge on any atom is 0.379 e. The first-order valence-electron chi connectivity index (χ1n) is 14.9. The number of aromatic carboxylic acids is 1. The van der Waals surface area contributed by atoms with Gasteiger partial charge in [-0.15, -0.1) is 0 Å². The zero-order chi connectivity index (χ0) is 35.3. The van der Waals surface area contributed by atoms with Gasteiger partial charge >= 0.3 is 11.9 Å². The highest BCUT2D eigenvalue weighted by Gasteiger charge is 2.25. The van der Waals surface area contributed by atoms with Gasteiger partial charge in [0.05, 0.1) is 47.0 Å². The second kappa shape index (κ2) is 17.0. The van der Waals surface area contributed by atoms with E-state index in [-0.39, 0.29) is 35.1 Å². The Morgan fingerprint density at radius 3 is 1.98 bits per heavy atom. The summed E-state index contributed by atoms with van der Waals surface area (Å²) in [4.78, 5) is 69.6. The van der Waals surface area contributed by atoms with Crippen LogP contribution >= 0.6 is 0 Å². The molecule has 48 heavy (non-hydrogen) atoms. The van der Waals surface area contributed by atoms with Crippen molar-refractivity contribution >= 4 is 46.0 Å². The third-order valence-corrected chi connectivity index (χ3v) is 6.55. The van der Waals surface area contributed by atoms with Crippen LogP contribution in [0.1, 0.15) is 65.7 Å². The number of Topliss-reactive ketones (excluding diaryl/α,β-unsaturated/α-hetero) is 2. The molecule has 3 aromatic heterocycles. The van der Waals surface area contributed by atoms with E-state index in [2.05, 4.69) is 25.0 Å². The topological polar surface area (TPSA) is 166 Å². The molecule has 0 spiro atoms. The van der Waals surface area contributed by atoms with Crippen LogP contribution in [-0.4, -0.2) is 56.1 Å². The van der Waals surface area contributed by atoms with Crippen LogP contribution in [0.15, 0.2) is 104 Å². The van der Waals surface area contributed by atoms with Gasteiger partial charge in [-0.3, -0.25) is 24.4 Å². The summed E-state index contributed by atoms with van der Waals surface area (Å²) in [5, 5.41) is 12.5. The van der Waals surface area contributed by atoms with Gasteiger partial charge < -0.3 is 15.2 Å². The van der Waals surface area contributed by atoms with Gasteiger partial charge in [-0.1, -0.05) is 81.4 Å². The number of amides is 1. The van der Waals surface area contributed by atoms with E-state index in [0.29, 0.717) is 16.6 Å². The van der Waals surface area contributed by atoms with Crippen molar-refractivity contribution in [1.82, 2.24) is 15.0 Å². The first kappa shape index (κ1) is 36.4. The molecule has 5 aromatic rings. The quantitative estimate of drug-likeness (QED) is 0.110. The number of fused-ring (bicyclic) bond motifs is 1. The number of carbonyl (C=O) groups is 5. The zero-order valence-electron chi connectivity index (χ0n) is 27.3. The van der Waals surface area contributed by atoms with Gasteiger partial charge in [-0.05, 0) is 32.0 Å². The van der Waals surface area contributed by atoms with Crippen molar-refractivity contribution in [3.8, 4) is 11.3 Å². The molecule has 2 N–H and O–H groups in total. The van der Waals surface area contributed by atoms with Crippen molar-refractivity contribution in [2.45, 2.75) is 34.6 Å². The normalized spacial score (nSPS) is 10.4. The number of rotatable bonds is 7. The molecule has 0 bridgehead atoms. The number of hydrogen-bond donors (Lipinski definition) is 2. The first-order valence-corrected chi connectivity index (χ1v) is 14.9. The number of ketones is 2. The van der Waals surface area contributed by atoms with Crippen LogP contribution in [0.25, 0.3) is 22.2 Å². The number of carboxylic acids is 1. The molecule has 0 radical (unpaired) electrons. The van der Waals surface area contributed by atoms with Crippen LogP contribution in [0.4, 0.5) is 5.69 Å². The predicted molar refractivity (Wildman–Crippen MR) is 182 cm³/mol. The molecule has 11 nitrogen and oxygen atoms in total. The Morgan fingerprint density at radius 1 is 0.812 bits per heavy atom. The number of hydrogen-bond acceptors (Lipinski definition) is 9. The summed E-state index contributed by atoms with van der Waals surface area (Å²) in [5.41, 5.74) is 2.76. The molecule has 0 saturated heterocycles. The van der Waals surface area contributed by atoms with E-state index in [9.17, 15) is 29.1 Å².